The second kappa shape index (κ2) is 53.9. The maximum Gasteiger partial charge on any atom is 0.472 e. The van der Waals surface area contributed by atoms with Crippen LogP contribution in [0.2, 0.25) is 0 Å². The Kier molecular flexibility index (Phi) is 51.4. The number of ether oxygens (including phenoxy) is 3. The van der Waals surface area contributed by atoms with E-state index in [1.165, 1.54) is 51.4 Å². The van der Waals surface area contributed by atoms with E-state index in [-0.39, 0.29) is 25.9 Å². The van der Waals surface area contributed by atoms with E-state index >= 15 is 0 Å². The fourth-order valence-corrected chi connectivity index (χ4v) is 8.32. The molecule has 11 nitrogen and oxygen atoms in total. The van der Waals surface area contributed by atoms with Crippen LogP contribution in [0.25, 0.3) is 0 Å². The second-order valence-corrected chi connectivity index (χ2v) is 20.1. The highest BCUT2D eigenvalue weighted by Gasteiger charge is 2.28. The molecular formula is C60H103O11P. The Balaban J connectivity index is 4.79. The summed E-state index contributed by atoms with van der Waals surface area (Å²) in [5.74, 6) is -1.50. The summed E-state index contributed by atoms with van der Waals surface area (Å²) in [7, 11) is -4.75. The van der Waals surface area contributed by atoms with E-state index in [1.54, 1.807) is 0 Å². The number of aliphatic hydroxyl groups is 1. The van der Waals surface area contributed by atoms with Gasteiger partial charge in [-0.15, -0.1) is 0 Å². The van der Waals surface area contributed by atoms with Gasteiger partial charge in [0.25, 0.3) is 0 Å². The fraction of sp³-hybridized carbons (Fsp3) is 0.717. The SMILES string of the molecule is CC/C=C\C/C=C\C/C=C\C/C=C\CCCCCCC(=O)OCC(COP(=O)(O)OCC(CO)OC(=O)CCCCCCCCCCCCC)OC(=O)CCCCCCCCC/C=C\C/C=C\C/C=C\CC. The number of esters is 3. The Morgan fingerprint density at radius 2 is 0.722 bits per heavy atom. The Bertz CT molecular complexity index is 1530. The highest BCUT2D eigenvalue weighted by atomic mass is 31.2. The summed E-state index contributed by atoms with van der Waals surface area (Å²) >= 11 is 0. The van der Waals surface area contributed by atoms with E-state index in [9.17, 15) is 28.9 Å². The monoisotopic (exact) mass is 1030 g/mol. The first-order valence-corrected chi connectivity index (χ1v) is 30.0. The van der Waals surface area contributed by atoms with Crippen molar-refractivity contribution in [2.24, 2.45) is 0 Å². The number of hydrogen-bond donors (Lipinski definition) is 2. The molecule has 0 radical (unpaired) electrons. The molecule has 3 atom stereocenters. The topological polar surface area (TPSA) is 155 Å². The number of allylic oxidation sites excluding steroid dienone is 14. The van der Waals surface area contributed by atoms with Crippen LogP contribution in [0.3, 0.4) is 0 Å². The van der Waals surface area contributed by atoms with E-state index in [0.717, 1.165) is 128 Å². The number of rotatable bonds is 52. The molecule has 0 heterocycles. The first-order chi connectivity index (χ1) is 35.2. The van der Waals surface area contributed by atoms with Crippen molar-refractivity contribution in [2.45, 2.75) is 251 Å². The summed E-state index contributed by atoms with van der Waals surface area (Å²) in [5.41, 5.74) is 0. The van der Waals surface area contributed by atoms with Crippen molar-refractivity contribution in [3.8, 4) is 0 Å². The molecule has 72 heavy (non-hydrogen) atoms. The number of carbonyl (C=O) groups is 3. The van der Waals surface area contributed by atoms with Gasteiger partial charge in [0, 0.05) is 19.3 Å². The number of phosphoric acid groups is 1. The molecule has 3 unspecified atom stereocenters. The minimum Gasteiger partial charge on any atom is -0.462 e. The van der Waals surface area contributed by atoms with Crippen molar-refractivity contribution < 1.29 is 52.2 Å². The van der Waals surface area contributed by atoms with E-state index in [4.69, 9.17) is 23.3 Å². The third-order valence-electron chi connectivity index (χ3n) is 11.8. The van der Waals surface area contributed by atoms with E-state index in [0.29, 0.717) is 19.3 Å². The van der Waals surface area contributed by atoms with Gasteiger partial charge in [-0.3, -0.25) is 23.4 Å². The maximum atomic E-state index is 12.9. The van der Waals surface area contributed by atoms with Gasteiger partial charge in [0.2, 0.25) is 0 Å². The van der Waals surface area contributed by atoms with Gasteiger partial charge in [-0.05, 0) is 89.9 Å². The predicted octanol–water partition coefficient (Wildman–Crippen LogP) is 16.7. The lowest BCUT2D eigenvalue weighted by molar-refractivity contribution is -0.161. The van der Waals surface area contributed by atoms with Crippen molar-refractivity contribution in [2.75, 3.05) is 26.4 Å². The normalized spacial score (nSPS) is 14.0. The van der Waals surface area contributed by atoms with Crippen molar-refractivity contribution in [3.63, 3.8) is 0 Å². The Hall–Kier alpha value is -3.34. The molecule has 0 spiro atoms. The van der Waals surface area contributed by atoms with Gasteiger partial charge < -0.3 is 24.2 Å². The first-order valence-electron chi connectivity index (χ1n) is 28.5. The van der Waals surface area contributed by atoms with Crippen LogP contribution in [-0.2, 0) is 42.2 Å². The third kappa shape index (κ3) is 51.6. The van der Waals surface area contributed by atoms with Crippen molar-refractivity contribution in [3.05, 3.63) is 85.1 Å². The largest absolute Gasteiger partial charge is 0.472 e. The molecule has 0 saturated heterocycles. The molecule has 12 heteroatoms. The van der Waals surface area contributed by atoms with Gasteiger partial charge in [0.05, 0.1) is 19.8 Å². The smallest absolute Gasteiger partial charge is 0.462 e. The van der Waals surface area contributed by atoms with Crippen molar-refractivity contribution in [1.29, 1.82) is 0 Å². The van der Waals surface area contributed by atoms with Crippen LogP contribution in [0.1, 0.15) is 239 Å². The van der Waals surface area contributed by atoms with Crippen LogP contribution in [0, 0.1) is 0 Å². The zero-order chi connectivity index (χ0) is 52.7. The minimum absolute atomic E-state index is 0.148. The molecule has 0 bridgehead atoms. The summed E-state index contributed by atoms with van der Waals surface area (Å²) in [4.78, 5) is 48.5. The van der Waals surface area contributed by atoms with E-state index in [1.807, 2.05) is 0 Å². The van der Waals surface area contributed by atoms with E-state index < -0.39 is 57.8 Å². The first kappa shape index (κ1) is 68.7. The summed E-state index contributed by atoms with van der Waals surface area (Å²) in [5, 5.41) is 9.79. The molecule has 0 aromatic rings. The van der Waals surface area contributed by atoms with Gasteiger partial charge in [0.15, 0.2) is 6.10 Å². The average Bonchev–Trinajstić information content (AvgIpc) is 3.37. The third-order valence-corrected chi connectivity index (χ3v) is 12.8. The van der Waals surface area contributed by atoms with E-state index in [2.05, 4.69) is 106 Å². The van der Waals surface area contributed by atoms with Crippen LogP contribution < -0.4 is 0 Å². The van der Waals surface area contributed by atoms with Gasteiger partial charge in [-0.25, -0.2) is 4.57 Å². The highest BCUT2D eigenvalue weighted by molar-refractivity contribution is 7.47. The molecule has 0 aliphatic carbocycles. The maximum absolute atomic E-state index is 12.9. The summed E-state index contributed by atoms with van der Waals surface area (Å²) < 4.78 is 39.5. The minimum atomic E-state index is -4.75. The Morgan fingerprint density at radius 1 is 0.403 bits per heavy atom. The lowest BCUT2D eigenvalue weighted by Crippen LogP contribution is -2.30. The molecule has 0 rings (SSSR count). The van der Waals surface area contributed by atoms with Crippen molar-refractivity contribution in [1.82, 2.24) is 0 Å². The summed E-state index contributed by atoms with van der Waals surface area (Å²) in [6.45, 7) is 4.38. The van der Waals surface area contributed by atoms with Crippen LogP contribution in [0.5, 0.6) is 0 Å². The van der Waals surface area contributed by atoms with Gasteiger partial charge >= 0.3 is 25.7 Å². The number of phosphoric ester groups is 1. The van der Waals surface area contributed by atoms with Crippen LogP contribution in [0.4, 0.5) is 0 Å². The lowest BCUT2D eigenvalue weighted by Gasteiger charge is -2.21. The van der Waals surface area contributed by atoms with Crippen LogP contribution in [-0.4, -0.2) is 66.5 Å². The zero-order valence-electron chi connectivity index (χ0n) is 45.6. The molecule has 0 saturated carbocycles. The van der Waals surface area contributed by atoms with Crippen molar-refractivity contribution >= 4 is 25.7 Å². The average molecular weight is 1030 g/mol. The molecule has 0 fully saturated rings. The molecule has 0 amide bonds. The molecule has 0 aromatic heterocycles. The molecule has 414 valence electrons. The van der Waals surface area contributed by atoms with Gasteiger partial charge in [-0.1, -0.05) is 215 Å². The quantitative estimate of drug-likeness (QED) is 0.0197. The number of hydrogen-bond acceptors (Lipinski definition) is 10. The lowest BCUT2D eigenvalue weighted by atomic mass is 10.1. The number of aliphatic hydroxyl groups excluding tert-OH is 1. The van der Waals surface area contributed by atoms with Gasteiger partial charge in [0.1, 0.15) is 12.7 Å². The standard InChI is InChI=1S/C60H103O11P/c1-4-7-10-13-16-19-22-24-26-28-30-32-35-37-40-43-46-49-58(62)67-53-57(71-60(64)51-48-45-42-39-36-33-31-29-27-25-23-20-17-14-11-8-5-2)55-69-72(65,66)68-54-56(52-61)70-59(63)50-47-44-41-38-34-21-18-15-12-9-6-3/h7-8,10-11,16-17,19-20,24-27,30,32,56-57,61H,4-6,9,12-15,18,21-23,28-29,31,33-55H2,1-3H3,(H,65,66)/b10-7-,11-8-,19-16-,20-17-,26-24-,27-25-,32-30-. The molecule has 0 aromatic carbocycles. The van der Waals surface area contributed by atoms with Gasteiger partial charge in [-0.2, -0.15) is 0 Å². The number of unbranched alkanes of at least 4 members (excludes halogenated alkanes) is 21. The Morgan fingerprint density at radius 3 is 1.11 bits per heavy atom. The zero-order valence-corrected chi connectivity index (χ0v) is 46.5. The Labute approximate surface area is 439 Å². The van der Waals surface area contributed by atoms with Crippen LogP contribution >= 0.6 is 7.82 Å². The summed E-state index contributed by atoms with van der Waals surface area (Å²) in [6.07, 6.45) is 61.1. The summed E-state index contributed by atoms with van der Waals surface area (Å²) in [6, 6.07) is 0. The number of carbonyl (C=O) groups excluding carboxylic acids is 3. The molecular weight excluding hydrogens is 928 g/mol. The molecule has 2 N–H and O–H groups in total. The second-order valence-electron chi connectivity index (χ2n) is 18.7. The molecule has 0 aliphatic rings. The molecule has 0 aliphatic heterocycles. The highest BCUT2D eigenvalue weighted by Crippen LogP contribution is 2.43. The van der Waals surface area contributed by atoms with Crippen LogP contribution in [0.15, 0.2) is 85.1 Å². The fourth-order valence-electron chi connectivity index (χ4n) is 7.54. The predicted molar refractivity (Wildman–Crippen MR) is 298 cm³/mol.